The van der Waals surface area contributed by atoms with Crippen LogP contribution in [-0.4, -0.2) is 11.1 Å². The van der Waals surface area contributed by atoms with E-state index in [1.807, 2.05) is 25.1 Å². The van der Waals surface area contributed by atoms with Crippen LogP contribution >= 0.6 is 15.9 Å². The molecule has 0 unspecified atom stereocenters. The van der Waals surface area contributed by atoms with Crippen molar-refractivity contribution in [1.82, 2.24) is 0 Å². The third-order valence-corrected chi connectivity index (χ3v) is 3.45. The van der Waals surface area contributed by atoms with E-state index in [0.29, 0.717) is 5.56 Å². The molecule has 0 atom stereocenters. The Morgan fingerprint density at radius 2 is 2.05 bits per heavy atom. The van der Waals surface area contributed by atoms with Gasteiger partial charge in [0.05, 0.1) is 10.6 Å². The van der Waals surface area contributed by atoms with Crippen LogP contribution in [0.4, 0.5) is 11.4 Å². The molecule has 0 N–H and O–H groups in total. The van der Waals surface area contributed by atoms with Crippen molar-refractivity contribution in [3.8, 4) is 0 Å². The molecule has 0 radical (unpaired) electrons. The molecule has 2 aromatic rings. The van der Waals surface area contributed by atoms with E-state index in [1.165, 1.54) is 12.1 Å². The SMILES string of the molecule is Cc1ccc(N=Cc2cccc([N+](=O)[O-])c2)cc1Br. The summed E-state index contributed by atoms with van der Waals surface area (Å²) in [4.78, 5) is 14.5. The number of aliphatic imine (C=N–C) groups is 1. The highest BCUT2D eigenvalue weighted by atomic mass is 79.9. The molecule has 0 bridgehead atoms. The summed E-state index contributed by atoms with van der Waals surface area (Å²) in [6.45, 7) is 2.00. The van der Waals surface area contributed by atoms with E-state index in [4.69, 9.17) is 0 Å². The second kappa shape index (κ2) is 5.75. The van der Waals surface area contributed by atoms with E-state index in [-0.39, 0.29) is 5.69 Å². The standard InChI is InChI=1S/C14H11BrN2O2/c1-10-5-6-12(8-14(10)15)16-9-11-3-2-4-13(7-11)17(18)19/h2-9H,1H3. The largest absolute Gasteiger partial charge is 0.270 e. The van der Waals surface area contributed by atoms with Crippen molar-refractivity contribution >= 4 is 33.5 Å². The lowest BCUT2D eigenvalue weighted by Crippen LogP contribution is -1.89. The number of non-ortho nitro benzene ring substituents is 1. The average molecular weight is 319 g/mol. The zero-order valence-electron chi connectivity index (χ0n) is 10.2. The lowest BCUT2D eigenvalue weighted by Gasteiger charge is -1.99. The fourth-order valence-corrected chi connectivity index (χ4v) is 1.90. The van der Waals surface area contributed by atoms with E-state index in [2.05, 4.69) is 20.9 Å². The molecular formula is C14H11BrN2O2. The molecule has 0 spiro atoms. The molecule has 4 nitrogen and oxygen atoms in total. The zero-order chi connectivity index (χ0) is 13.8. The van der Waals surface area contributed by atoms with Gasteiger partial charge in [0.15, 0.2) is 0 Å². The van der Waals surface area contributed by atoms with Crippen LogP contribution < -0.4 is 0 Å². The van der Waals surface area contributed by atoms with Gasteiger partial charge in [-0.15, -0.1) is 0 Å². The van der Waals surface area contributed by atoms with Crippen LogP contribution in [0.15, 0.2) is 51.9 Å². The molecule has 0 aliphatic carbocycles. The van der Waals surface area contributed by atoms with Crippen LogP contribution in [-0.2, 0) is 0 Å². The minimum absolute atomic E-state index is 0.0639. The molecule has 0 heterocycles. The second-order valence-corrected chi connectivity index (χ2v) is 4.90. The number of benzene rings is 2. The summed E-state index contributed by atoms with van der Waals surface area (Å²) in [6.07, 6.45) is 1.62. The Balaban J connectivity index is 2.24. The minimum atomic E-state index is -0.417. The molecule has 0 amide bonds. The molecule has 19 heavy (non-hydrogen) atoms. The highest BCUT2D eigenvalue weighted by molar-refractivity contribution is 9.10. The summed E-state index contributed by atoms with van der Waals surface area (Å²) < 4.78 is 0.987. The first-order valence-electron chi connectivity index (χ1n) is 5.61. The Morgan fingerprint density at radius 3 is 2.74 bits per heavy atom. The van der Waals surface area contributed by atoms with Crippen molar-refractivity contribution in [2.24, 2.45) is 4.99 Å². The van der Waals surface area contributed by atoms with Gasteiger partial charge in [0, 0.05) is 22.8 Å². The van der Waals surface area contributed by atoms with Crippen LogP contribution in [0, 0.1) is 17.0 Å². The first-order valence-corrected chi connectivity index (χ1v) is 6.40. The summed E-state index contributed by atoms with van der Waals surface area (Å²) in [5, 5.41) is 10.7. The van der Waals surface area contributed by atoms with E-state index >= 15 is 0 Å². The van der Waals surface area contributed by atoms with Gasteiger partial charge >= 0.3 is 0 Å². The fourth-order valence-electron chi connectivity index (χ4n) is 1.53. The number of aryl methyl sites for hydroxylation is 1. The Morgan fingerprint density at radius 1 is 1.26 bits per heavy atom. The predicted octanol–water partition coefficient (Wildman–Crippen LogP) is 4.42. The summed E-state index contributed by atoms with van der Waals surface area (Å²) in [6, 6.07) is 12.1. The Bertz CT molecular complexity index is 654. The highest BCUT2D eigenvalue weighted by Gasteiger charge is 2.04. The molecule has 0 fully saturated rings. The number of nitro benzene ring substituents is 1. The molecule has 5 heteroatoms. The van der Waals surface area contributed by atoms with Gasteiger partial charge in [-0.1, -0.05) is 34.1 Å². The van der Waals surface area contributed by atoms with Crippen LogP contribution in [0.2, 0.25) is 0 Å². The van der Waals surface area contributed by atoms with Gasteiger partial charge in [0.1, 0.15) is 0 Å². The summed E-state index contributed by atoms with van der Waals surface area (Å²) in [7, 11) is 0. The number of halogens is 1. The summed E-state index contributed by atoms with van der Waals surface area (Å²) >= 11 is 3.44. The van der Waals surface area contributed by atoms with Crippen LogP contribution in [0.25, 0.3) is 0 Å². The topological polar surface area (TPSA) is 55.5 Å². The summed E-state index contributed by atoms with van der Waals surface area (Å²) in [5.74, 6) is 0. The van der Waals surface area contributed by atoms with Gasteiger partial charge < -0.3 is 0 Å². The van der Waals surface area contributed by atoms with Gasteiger partial charge in [-0.2, -0.15) is 0 Å². The van der Waals surface area contributed by atoms with Crippen molar-refractivity contribution in [1.29, 1.82) is 0 Å². The van der Waals surface area contributed by atoms with Crippen molar-refractivity contribution in [2.75, 3.05) is 0 Å². The smallest absolute Gasteiger partial charge is 0.258 e. The van der Waals surface area contributed by atoms with Gasteiger partial charge in [-0.25, -0.2) is 0 Å². The van der Waals surface area contributed by atoms with Gasteiger partial charge in [0.25, 0.3) is 5.69 Å². The quantitative estimate of drug-likeness (QED) is 0.478. The molecule has 96 valence electrons. The van der Waals surface area contributed by atoms with Crippen molar-refractivity contribution < 1.29 is 4.92 Å². The molecule has 2 aromatic carbocycles. The Hall–Kier alpha value is -2.01. The second-order valence-electron chi connectivity index (χ2n) is 4.04. The maximum atomic E-state index is 10.7. The number of nitrogens with zero attached hydrogens (tertiary/aromatic N) is 2. The first kappa shape index (κ1) is 13.4. The van der Waals surface area contributed by atoms with Crippen LogP contribution in [0.5, 0.6) is 0 Å². The monoisotopic (exact) mass is 318 g/mol. The molecule has 0 aliphatic rings. The third-order valence-electron chi connectivity index (χ3n) is 2.60. The molecule has 0 saturated carbocycles. The third kappa shape index (κ3) is 3.48. The van der Waals surface area contributed by atoms with E-state index in [9.17, 15) is 10.1 Å². The van der Waals surface area contributed by atoms with E-state index in [0.717, 1.165) is 15.7 Å². The maximum absolute atomic E-state index is 10.7. The van der Waals surface area contributed by atoms with E-state index < -0.39 is 4.92 Å². The molecule has 0 aliphatic heterocycles. The number of nitro groups is 1. The molecule has 2 rings (SSSR count). The Kier molecular flexibility index (Phi) is 4.06. The van der Waals surface area contributed by atoms with Gasteiger partial charge in [0.2, 0.25) is 0 Å². The minimum Gasteiger partial charge on any atom is -0.258 e. The highest BCUT2D eigenvalue weighted by Crippen LogP contribution is 2.22. The van der Waals surface area contributed by atoms with Crippen molar-refractivity contribution in [2.45, 2.75) is 6.92 Å². The average Bonchev–Trinajstić information content (AvgIpc) is 2.40. The fraction of sp³-hybridized carbons (Fsp3) is 0.0714. The lowest BCUT2D eigenvalue weighted by atomic mass is 10.2. The lowest BCUT2D eigenvalue weighted by molar-refractivity contribution is -0.384. The van der Waals surface area contributed by atoms with Crippen molar-refractivity contribution in [3.63, 3.8) is 0 Å². The Labute approximate surface area is 119 Å². The van der Waals surface area contributed by atoms with Crippen LogP contribution in [0.1, 0.15) is 11.1 Å². The molecule has 0 saturated heterocycles. The van der Waals surface area contributed by atoms with Crippen LogP contribution in [0.3, 0.4) is 0 Å². The summed E-state index contributed by atoms with van der Waals surface area (Å²) in [5.41, 5.74) is 2.69. The number of hydrogen-bond donors (Lipinski definition) is 0. The predicted molar refractivity (Wildman–Crippen MR) is 79.2 cm³/mol. The van der Waals surface area contributed by atoms with Crippen molar-refractivity contribution in [3.05, 3.63) is 68.2 Å². The van der Waals surface area contributed by atoms with E-state index in [1.54, 1.807) is 18.3 Å². The number of hydrogen-bond acceptors (Lipinski definition) is 3. The first-order chi connectivity index (χ1) is 9.06. The maximum Gasteiger partial charge on any atom is 0.270 e. The van der Waals surface area contributed by atoms with Gasteiger partial charge in [-0.05, 0) is 30.2 Å². The molecule has 0 aromatic heterocycles. The zero-order valence-corrected chi connectivity index (χ0v) is 11.8. The number of rotatable bonds is 3. The normalized spacial score (nSPS) is 10.8. The molecular weight excluding hydrogens is 308 g/mol. The van der Waals surface area contributed by atoms with Gasteiger partial charge in [-0.3, -0.25) is 15.1 Å².